The molecule has 0 fully saturated rings. The highest BCUT2D eigenvalue weighted by molar-refractivity contribution is 6.32. The number of aryl methyl sites for hydroxylation is 2. The molecule has 1 atom stereocenters. The zero-order valence-electron chi connectivity index (χ0n) is 13.3. The van der Waals surface area contributed by atoms with Crippen molar-refractivity contribution < 1.29 is 14.3 Å². The van der Waals surface area contributed by atoms with Gasteiger partial charge in [0.05, 0.1) is 11.4 Å². The first kappa shape index (κ1) is 17.0. The molecule has 0 aliphatic rings. The first-order valence-corrected chi connectivity index (χ1v) is 7.31. The number of carbonyl (C=O) groups is 2. The molecule has 0 saturated heterocycles. The summed E-state index contributed by atoms with van der Waals surface area (Å²) in [6, 6.07) is 3.25. The van der Waals surface area contributed by atoms with Crippen molar-refractivity contribution in [2.45, 2.75) is 26.9 Å². The van der Waals surface area contributed by atoms with Crippen molar-refractivity contribution in [3.8, 4) is 0 Å². The Morgan fingerprint density at radius 3 is 2.65 bits per heavy atom. The Kier molecular flexibility index (Phi) is 5.00. The molecule has 2 rings (SSSR count). The van der Waals surface area contributed by atoms with Crippen LogP contribution in [0.3, 0.4) is 0 Å². The third-order valence-electron chi connectivity index (χ3n) is 3.38. The normalized spacial score (nSPS) is 11.9. The summed E-state index contributed by atoms with van der Waals surface area (Å²) in [5.74, 6) is -1.08. The van der Waals surface area contributed by atoms with Gasteiger partial charge in [0.2, 0.25) is 0 Å². The Morgan fingerprint density at radius 1 is 1.39 bits per heavy atom. The minimum atomic E-state index is -0.988. The first-order chi connectivity index (χ1) is 10.8. The van der Waals surface area contributed by atoms with Gasteiger partial charge in [-0.3, -0.25) is 9.48 Å². The predicted octanol–water partition coefficient (Wildman–Crippen LogP) is 2.27. The van der Waals surface area contributed by atoms with Gasteiger partial charge >= 0.3 is 5.97 Å². The van der Waals surface area contributed by atoms with Crippen molar-refractivity contribution in [2.24, 2.45) is 7.05 Å². The van der Waals surface area contributed by atoms with Crippen molar-refractivity contribution in [3.05, 3.63) is 40.4 Å². The van der Waals surface area contributed by atoms with Crippen LogP contribution in [0.5, 0.6) is 0 Å². The molecule has 1 N–H and O–H groups in total. The maximum absolute atomic E-state index is 12.2. The maximum atomic E-state index is 12.2. The molecule has 0 aromatic carbocycles. The lowest BCUT2D eigenvalue weighted by molar-refractivity contribution is -0.123. The monoisotopic (exact) mass is 336 g/mol. The van der Waals surface area contributed by atoms with E-state index < -0.39 is 18.0 Å². The number of carbonyl (C=O) groups excluding carboxylic acids is 2. The van der Waals surface area contributed by atoms with Gasteiger partial charge in [0.25, 0.3) is 5.91 Å². The molecule has 8 heteroatoms. The molecule has 0 aliphatic heterocycles. The Labute approximate surface area is 138 Å². The fourth-order valence-corrected chi connectivity index (χ4v) is 2.22. The Bertz CT molecular complexity index is 757. The number of hydrogen-bond donors (Lipinski definition) is 1. The molecule has 2 aromatic heterocycles. The lowest BCUT2D eigenvalue weighted by Gasteiger charge is -2.14. The molecule has 23 heavy (non-hydrogen) atoms. The molecule has 0 spiro atoms. The second kappa shape index (κ2) is 6.78. The van der Waals surface area contributed by atoms with Crippen LogP contribution in [-0.4, -0.2) is 32.7 Å². The third-order valence-corrected chi connectivity index (χ3v) is 3.68. The number of halogens is 1. The number of nitrogens with one attached hydrogen (secondary N) is 1. The Morgan fingerprint density at radius 2 is 2.09 bits per heavy atom. The summed E-state index contributed by atoms with van der Waals surface area (Å²) in [4.78, 5) is 28.2. The van der Waals surface area contributed by atoms with Crippen molar-refractivity contribution in [1.29, 1.82) is 0 Å². The van der Waals surface area contributed by atoms with Crippen molar-refractivity contribution in [1.82, 2.24) is 14.8 Å². The Hall–Kier alpha value is -2.41. The van der Waals surface area contributed by atoms with E-state index in [-0.39, 0.29) is 5.15 Å². The third kappa shape index (κ3) is 3.68. The minimum absolute atomic E-state index is 0.165. The number of esters is 1. The van der Waals surface area contributed by atoms with E-state index in [4.69, 9.17) is 16.3 Å². The van der Waals surface area contributed by atoms with Crippen molar-refractivity contribution in [3.63, 3.8) is 0 Å². The van der Waals surface area contributed by atoms with E-state index in [1.165, 1.54) is 13.1 Å². The fraction of sp³-hybridized carbons (Fsp3) is 0.333. The van der Waals surface area contributed by atoms with E-state index in [1.807, 2.05) is 0 Å². The van der Waals surface area contributed by atoms with Gasteiger partial charge in [0.1, 0.15) is 5.56 Å². The molecule has 1 unspecified atom stereocenters. The molecule has 1 amide bonds. The van der Waals surface area contributed by atoms with E-state index >= 15 is 0 Å². The van der Waals surface area contributed by atoms with E-state index in [9.17, 15) is 9.59 Å². The standard InChI is InChI=1S/C15H17ClN4O3/c1-8-12(9(2)20(4)19-8)15(22)23-10(3)14(21)18-11-6-5-7-17-13(11)16/h5-7,10H,1-4H3,(H,18,21). The van der Waals surface area contributed by atoms with E-state index in [2.05, 4.69) is 15.4 Å². The van der Waals surface area contributed by atoms with Gasteiger partial charge in [-0.25, -0.2) is 9.78 Å². The number of nitrogens with zero attached hydrogens (tertiary/aromatic N) is 3. The van der Waals surface area contributed by atoms with Gasteiger partial charge in [0, 0.05) is 18.9 Å². The van der Waals surface area contributed by atoms with Gasteiger partial charge in [-0.1, -0.05) is 11.6 Å². The van der Waals surface area contributed by atoms with Crippen LogP contribution in [0.15, 0.2) is 18.3 Å². The van der Waals surface area contributed by atoms with Gasteiger partial charge < -0.3 is 10.1 Å². The summed E-state index contributed by atoms with van der Waals surface area (Å²) < 4.78 is 6.81. The number of aromatic nitrogens is 3. The number of ether oxygens (including phenoxy) is 1. The minimum Gasteiger partial charge on any atom is -0.449 e. The van der Waals surface area contributed by atoms with Crippen LogP contribution in [-0.2, 0) is 16.6 Å². The number of rotatable bonds is 4. The van der Waals surface area contributed by atoms with Gasteiger partial charge in [0.15, 0.2) is 11.3 Å². The summed E-state index contributed by atoms with van der Waals surface area (Å²) in [7, 11) is 1.74. The molecule has 2 aromatic rings. The Balaban J connectivity index is 2.06. The van der Waals surface area contributed by atoms with Crippen LogP contribution in [0.4, 0.5) is 5.69 Å². The molecular weight excluding hydrogens is 320 g/mol. The molecule has 0 radical (unpaired) electrons. The van der Waals surface area contributed by atoms with Crippen molar-refractivity contribution in [2.75, 3.05) is 5.32 Å². The molecule has 2 heterocycles. The highest BCUT2D eigenvalue weighted by atomic mass is 35.5. The molecule has 0 aliphatic carbocycles. The molecule has 0 saturated carbocycles. The number of amides is 1. The average molecular weight is 337 g/mol. The summed E-state index contributed by atoms with van der Waals surface area (Å²) in [5, 5.41) is 6.89. The van der Waals surface area contributed by atoms with Gasteiger partial charge in [-0.05, 0) is 32.9 Å². The van der Waals surface area contributed by atoms with Crippen LogP contribution in [0, 0.1) is 13.8 Å². The molecular formula is C15H17ClN4O3. The SMILES string of the molecule is Cc1nn(C)c(C)c1C(=O)OC(C)C(=O)Nc1cccnc1Cl. The van der Waals surface area contributed by atoms with Crippen molar-refractivity contribution >= 4 is 29.2 Å². The van der Waals surface area contributed by atoms with Crippen LogP contribution >= 0.6 is 11.6 Å². The first-order valence-electron chi connectivity index (χ1n) is 6.93. The smallest absolute Gasteiger partial charge is 0.342 e. The second-order valence-corrected chi connectivity index (χ2v) is 5.41. The van der Waals surface area contributed by atoms with Crippen LogP contribution in [0.1, 0.15) is 28.7 Å². The van der Waals surface area contributed by atoms with Gasteiger partial charge in [-0.2, -0.15) is 5.10 Å². The molecule has 122 valence electrons. The fourth-order valence-electron chi connectivity index (χ4n) is 2.06. The quantitative estimate of drug-likeness (QED) is 0.683. The van der Waals surface area contributed by atoms with Crippen LogP contribution < -0.4 is 5.32 Å². The second-order valence-electron chi connectivity index (χ2n) is 5.05. The number of pyridine rings is 1. The van der Waals surface area contributed by atoms with Crippen LogP contribution in [0.2, 0.25) is 5.15 Å². The maximum Gasteiger partial charge on any atom is 0.342 e. The summed E-state index contributed by atoms with van der Waals surface area (Å²) in [6.45, 7) is 4.96. The average Bonchev–Trinajstić information content (AvgIpc) is 2.74. The molecule has 0 bridgehead atoms. The zero-order valence-corrected chi connectivity index (χ0v) is 14.0. The van der Waals surface area contributed by atoms with E-state index in [0.717, 1.165) is 0 Å². The highest BCUT2D eigenvalue weighted by Gasteiger charge is 2.24. The number of anilines is 1. The van der Waals surface area contributed by atoms with Crippen LogP contribution in [0.25, 0.3) is 0 Å². The van der Waals surface area contributed by atoms with E-state index in [0.29, 0.717) is 22.6 Å². The van der Waals surface area contributed by atoms with E-state index in [1.54, 1.807) is 37.7 Å². The topological polar surface area (TPSA) is 86.1 Å². The lowest BCUT2D eigenvalue weighted by Crippen LogP contribution is -2.30. The summed E-state index contributed by atoms with van der Waals surface area (Å²) >= 11 is 5.87. The predicted molar refractivity (Wildman–Crippen MR) is 85.4 cm³/mol. The number of hydrogen-bond acceptors (Lipinski definition) is 5. The summed E-state index contributed by atoms with van der Waals surface area (Å²) in [6.07, 6.45) is 0.521. The zero-order chi connectivity index (χ0) is 17.1. The lowest BCUT2D eigenvalue weighted by atomic mass is 10.2. The molecule has 7 nitrogen and oxygen atoms in total. The summed E-state index contributed by atoms with van der Waals surface area (Å²) in [5.41, 5.74) is 1.95. The highest BCUT2D eigenvalue weighted by Crippen LogP contribution is 2.18. The van der Waals surface area contributed by atoms with Gasteiger partial charge in [-0.15, -0.1) is 0 Å². The largest absolute Gasteiger partial charge is 0.449 e.